The summed E-state index contributed by atoms with van der Waals surface area (Å²) in [6, 6.07) is 15.3. The van der Waals surface area contributed by atoms with Gasteiger partial charge >= 0.3 is 0 Å². The normalized spacial score (nSPS) is 11.1. The van der Waals surface area contributed by atoms with Crippen molar-refractivity contribution >= 4 is 17.7 Å². The third kappa shape index (κ3) is 4.57. The molecule has 2 rings (SSSR count). The molecule has 0 fully saturated rings. The molecule has 0 saturated carbocycles. The van der Waals surface area contributed by atoms with Gasteiger partial charge in [0.15, 0.2) is 0 Å². The lowest BCUT2D eigenvalue weighted by Crippen LogP contribution is -2.07. The molecule has 2 aromatic carbocycles. The molecule has 0 aliphatic carbocycles. The van der Waals surface area contributed by atoms with Gasteiger partial charge in [0.2, 0.25) is 5.91 Å². The Bertz CT molecular complexity index is 657. The highest BCUT2D eigenvalue weighted by molar-refractivity contribution is 6.01. The minimum atomic E-state index is -0.192. The van der Waals surface area contributed by atoms with Crippen molar-refractivity contribution in [1.82, 2.24) is 0 Å². The first-order valence-electron chi connectivity index (χ1n) is 7.37. The van der Waals surface area contributed by atoms with E-state index < -0.39 is 0 Å². The standard InChI is InChI=1S/C19H21NO2/c1-14(2)17-9-6-15(7-10-17)8-11-19(22)20-18-5-3-4-16(12-18)13-21/h3-12,14,21H,13H2,1-2H3,(H,20,22)/b11-8+. The second-order valence-electron chi connectivity index (χ2n) is 5.50. The lowest BCUT2D eigenvalue weighted by Gasteiger charge is -2.05. The van der Waals surface area contributed by atoms with E-state index >= 15 is 0 Å². The number of aliphatic hydroxyl groups is 1. The van der Waals surface area contributed by atoms with Gasteiger partial charge in [0.25, 0.3) is 0 Å². The number of amides is 1. The van der Waals surface area contributed by atoms with Crippen molar-refractivity contribution in [3.63, 3.8) is 0 Å². The second-order valence-corrected chi connectivity index (χ2v) is 5.50. The van der Waals surface area contributed by atoms with Crippen molar-refractivity contribution in [3.05, 3.63) is 71.3 Å². The first-order valence-corrected chi connectivity index (χ1v) is 7.37. The van der Waals surface area contributed by atoms with Crippen molar-refractivity contribution in [3.8, 4) is 0 Å². The van der Waals surface area contributed by atoms with Crippen molar-refractivity contribution in [2.24, 2.45) is 0 Å². The quantitative estimate of drug-likeness (QED) is 0.820. The lowest BCUT2D eigenvalue weighted by atomic mass is 10.0. The van der Waals surface area contributed by atoms with E-state index in [9.17, 15) is 4.79 Å². The Morgan fingerprint density at radius 1 is 1.18 bits per heavy atom. The van der Waals surface area contributed by atoms with Gasteiger partial charge in [-0.3, -0.25) is 4.79 Å². The largest absolute Gasteiger partial charge is 0.392 e. The molecule has 0 bridgehead atoms. The Morgan fingerprint density at radius 3 is 2.55 bits per heavy atom. The molecule has 0 aliphatic rings. The summed E-state index contributed by atoms with van der Waals surface area (Å²) in [7, 11) is 0. The van der Waals surface area contributed by atoms with Gasteiger partial charge in [-0.25, -0.2) is 0 Å². The highest BCUT2D eigenvalue weighted by Crippen LogP contribution is 2.15. The van der Waals surface area contributed by atoms with Gasteiger partial charge in [-0.15, -0.1) is 0 Å². The zero-order valence-electron chi connectivity index (χ0n) is 12.9. The van der Waals surface area contributed by atoms with E-state index in [0.717, 1.165) is 11.1 Å². The predicted octanol–water partition coefficient (Wildman–Crippen LogP) is 3.95. The first kappa shape index (κ1) is 16.0. The van der Waals surface area contributed by atoms with Crippen LogP contribution in [0.2, 0.25) is 0 Å². The molecule has 0 spiro atoms. The molecule has 1 amide bonds. The van der Waals surface area contributed by atoms with Crippen LogP contribution in [0.15, 0.2) is 54.6 Å². The lowest BCUT2D eigenvalue weighted by molar-refractivity contribution is -0.111. The molecule has 0 aliphatic heterocycles. The zero-order valence-corrected chi connectivity index (χ0v) is 12.9. The van der Waals surface area contributed by atoms with Gasteiger partial charge in [-0.2, -0.15) is 0 Å². The number of carbonyl (C=O) groups is 1. The maximum atomic E-state index is 11.9. The molecular weight excluding hydrogens is 274 g/mol. The van der Waals surface area contributed by atoms with Gasteiger partial charge in [-0.1, -0.05) is 50.2 Å². The van der Waals surface area contributed by atoms with Crippen LogP contribution >= 0.6 is 0 Å². The Hall–Kier alpha value is -2.39. The summed E-state index contributed by atoms with van der Waals surface area (Å²) >= 11 is 0. The highest BCUT2D eigenvalue weighted by Gasteiger charge is 2.00. The van der Waals surface area contributed by atoms with Crippen molar-refractivity contribution in [2.45, 2.75) is 26.4 Å². The molecule has 0 unspecified atom stereocenters. The first-order chi connectivity index (χ1) is 10.6. The minimum Gasteiger partial charge on any atom is -0.392 e. The van der Waals surface area contributed by atoms with Crippen LogP contribution in [0, 0.1) is 0 Å². The van der Waals surface area contributed by atoms with E-state index in [1.54, 1.807) is 24.3 Å². The van der Waals surface area contributed by atoms with Crippen LogP contribution in [-0.2, 0) is 11.4 Å². The summed E-state index contributed by atoms with van der Waals surface area (Å²) in [5.41, 5.74) is 3.72. The highest BCUT2D eigenvalue weighted by atomic mass is 16.3. The molecule has 0 radical (unpaired) electrons. The Kier molecular flexibility index (Phi) is 5.50. The van der Waals surface area contributed by atoms with Gasteiger partial charge < -0.3 is 10.4 Å². The van der Waals surface area contributed by atoms with Gasteiger partial charge in [0.05, 0.1) is 6.61 Å². The number of nitrogens with one attached hydrogen (secondary N) is 1. The average Bonchev–Trinajstić information content (AvgIpc) is 2.53. The van der Waals surface area contributed by atoms with Crippen LogP contribution in [0.1, 0.15) is 36.5 Å². The smallest absolute Gasteiger partial charge is 0.248 e. The topological polar surface area (TPSA) is 49.3 Å². The number of anilines is 1. The van der Waals surface area contributed by atoms with Crippen molar-refractivity contribution in [1.29, 1.82) is 0 Å². The maximum Gasteiger partial charge on any atom is 0.248 e. The van der Waals surface area contributed by atoms with Crippen LogP contribution in [0.5, 0.6) is 0 Å². The maximum absolute atomic E-state index is 11.9. The summed E-state index contributed by atoms with van der Waals surface area (Å²) in [6.07, 6.45) is 3.30. The van der Waals surface area contributed by atoms with E-state index in [1.165, 1.54) is 11.6 Å². The Labute approximate surface area is 131 Å². The second kappa shape index (κ2) is 7.57. The van der Waals surface area contributed by atoms with E-state index in [4.69, 9.17) is 5.11 Å². The molecule has 0 saturated heterocycles. The Balaban J connectivity index is 1.98. The van der Waals surface area contributed by atoms with E-state index in [2.05, 4.69) is 31.3 Å². The van der Waals surface area contributed by atoms with E-state index in [-0.39, 0.29) is 12.5 Å². The fraction of sp³-hybridized carbons (Fsp3) is 0.211. The molecular formula is C19H21NO2. The van der Waals surface area contributed by atoms with E-state index in [1.807, 2.05) is 18.2 Å². The number of hydrogen-bond donors (Lipinski definition) is 2. The molecule has 3 nitrogen and oxygen atoms in total. The third-order valence-corrected chi connectivity index (χ3v) is 3.41. The minimum absolute atomic E-state index is 0.0399. The van der Waals surface area contributed by atoms with Crippen molar-refractivity contribution in [2.75, 3.05) is 5.32 Å². The molecule has 114 valence electrons. The summed E-state index contributed by atoms with van der Waals surface area (Å²) < 4.78 is 0. The molecule has 3 heteroatoms. The van der Waals surface area contributed by atoms with E-state index in [0.29, 0.717) is 11.6 Å². The summed E-state index contributed by atoms with van der Waals surface area (Å²) in [4.78, 5) is 11.9. The van der Waals surface area contributed by atoms with Gasteiger partial charge in [-0.05, 0) is 40.8 Å². The average molecular weight is 295 g/mol. The monoisotopic (exact) mass is 295 g/mol. The number of hydrogen-bond acceptors (Lipinski definition) is 2. The summed E-state index contributed by atoms with van der Waals surface area (Å²) in [5.74, 6) is 0.308. The number of rotatable bonds is 5. The SMILES string of the molecule is CC(C)c1ccc(/C=C/C(=O)Nc2cccc(CO)c2)cc1. The molecule has 0 atom stereocenters. The molecule has 2 aromatic rings. The summed E-state index contributed by atoms with van der Waals surface area (Å²) in [5, 5.41) is 11.9. The third-order valence-electron chi connectivity index (χ3n) is 3.41. The Morgan fingerprint density at radius 2 is 1.91 bits per heavy atom. The number of benzene rings is 2. The molecule has 2 N–H and O–H groups in total. The van der Waals surface area contributed by atoms with Crippen LogP contribution in [0.3, 0.4) is 0 Å². The molecule has 0 heterocycles. The van der Waals surface area contributed by atoms with Crippen LogP contribution in [-0.4, -0.2) is 11.0 Å². The van der Waals surface area contributed by atoms with Crippen LogP contribution in [0.4, 0.5) is 5.69 Å². The van der Waals surface area contributed by atoms with Crippen LogP contribution < -0.4 is 5.32 Å². The van der Waals surface area contributed by atoms with Crippen LogP contribution in [0.25, 0.3) is 6.08 Å². The fourth-order valence-electron chi connectivity index (χ4n) is 2.10. The van der Waals surface area contributed by atoms with Gasteiger partial charge in [0.1, 0.15) is 0 Å². The predicted molar refractivity (Wildman–Crippen MR) is 90.6 cm³/mol. The number of carbonyl (C=O) groups excluding carboxylic acids is 1. The molecule has 0 aromatic heterocycles. The molecule has 22 heavy (non-hydrogen) atoms. The summed E-state index contributed by atoms with van der Waals surface area (Å²) in [6.45, 7) is 4.26. The van der Waals surface area contributed by atoms with Crippen molar-refractivity contribution < 1.29 is 9.90 Å². The zero-order chi connectivity index (χ0) is 15.9. The fourth-order valence-corrected chi connectivity index (χ4v) is 2.10. The van der Waals surface area contributed by atoms with Gasteiger partial charge in [0, 0.05) is 11.8 Å². The number of aliphatic hydroxyl groups excluding tert-OH is 1.